The third kappa shape index (κ3) is 2.93. The highest BCUT2D eigenvalue weighted by atomic mass is 79.9. The van der Waals surface area contributed by atoms with Crippen molar-refractivity contribution in [2.75, 3.05) is 0 Å². The van der Waals surface area contributed by atoms with Crippen LogP contribution in [0.3, 0.4) is 0 Å². The number of hydrogen-bond donors (Lipinski definition) is 1. The van der Waals surface area contributed by atoms with Crippen molar-refractivity contribution < 1.29 is 0 Å². The van der Waals surface area contributed by atoms with E-state index in [-0.39, 0.29) is 5.43 Å². The van der Waals surface area contributed by atoms with Crippen LogP contribution in [0, 0.1) is 6.92 Å². The zero-order chi connectivity index (χ0) is 19.3. The van der Waals surface area contributed by atoms with E-state index in [0.717, 1.165) is 37.6 Å². The highest BCUT2D eigenvalue weighted by molar-refractivity contribution is 9.10. The molecule has 0 saturated heterocycles. The van der Waals surface area contributed by atoms with Crippen LogP contribution in [-0.4, -0.2) is 19.9 Å². The summed E-state index contributed by atoms with van der Waals surface area (Å²) in [5.41, 5.74) is 4.08. The summed E-state index contributed by atoms with van der Waals surface area (Å²) in [5.74, 6) is 0. The molecule has 5 nitrogen and oxygen atoms in total. The van der Waals surface area contributed by atoms with Crippen LogP contribution in [0.5, 0.6) is 0 Å². The van der Waals surface area contributed by atoms with Gasteiger partial charge in [-0.15, -0.1) is 11.3 Å². The van der Waals surface area contributed by atoms with E-state index in [1.54, 1.807) is 17.5 Å². The zero-order valence-electron chi connectivity index (χ0n) is 14.7. The van der Waals surface area contributed by atoms with Crippen molar-refractivity contribution in [3.05, 3.63) is 74.7 Å². The maximum Gasteiger partial charge on any atom is 0.192 e. The molecule has 0 saturated carbocycles. The molecule has 0 unspecified atom stereocenters. The quantitative estimate of drug-likeness (QED) is 0.370. The van der Waals surface area contributed by atoms with E-state index in [2.05, 4.69) is 36.9 Å². The third-order valence-electron chi connectivity index (χ3n) is 4.55. The normalized spacial score (nSPS) is 11.4. The molecule has 136 valence electrons. The van der Waals surface area contributed by atoms with Crippen LogP contribution in [-0.2, 0) is 0 Å². The fourth-order valence-electron chi connectivity index (χ4n) is 3.26. The molecule has 0 aliphatic heterocycles. The van der Waals surface area contributed by atoms with Crippen molar-refractivity contribution in [3.8, 4) is 21.7 Å². The van der Waals surface area contributed by atoms with E-state index in [1.165, 1.54) is 6.07 Å². The molecule has 1 N–H and O–H groups in total. The Labute approximate surface area is 172 Å². The molecule has 5 rings (SSSR count). The molecule has 0 amide bonds. The van der Waals surface area contributed by atoms with E-state index < -0.39 is 0 Å². The topological polar surface area (TPSA) is 71.5 Å². The van der Waals surface area contributed by atoms with Gasteiger partial charge in [0, 0.05) is 29.4 Å². The number of H-pyrrole nitrogens is 1. The number of aromatic nitrogens is 4. The fraction of sp³-hybridized carbons (Fsp3) is 0.0476. The van der Waals surface area contributed by atoms with Crippen molar-refractivity contribution in [2.45, 2.75) is 6.92 Å². The second-order valence-corrected chi connectivity index (χ2v) is 8.51. The molecule has 0 aliphatic rings. The lowest BCUT2D eigenvalue weighted by molar-refractivity contribution is 1.25. The maximum absolute atomic E-state index is 12.5. The molecule has 0 spiro atoms. The van der Waals surface area contributed by atoms with Gasteiger partial charge in [-0.25, -0.2) is 9.97 Å². The van der Waals surface area contributed by atoms with Gasteiger partial charge in [0.1, 0.15) is 5.65 Å². The van der Waals surface area contributed by atoms with E-state index in [1.807, 2.05) is 43.5 Å². The summed E-state index contributed by atoms with van der Waals surface area (Å²) in [6.45, 7) is 1.97. The molecule has 0 bridgehead atoms. The van der Waals surface area contributed by atoms with E-state index in [4.69, 9.17) is 4.98 Å². The van der Waals surface area contributed by atoms with Crippen LogP contribution < -0.4 is 5.43 Å². The van der Waals surface area contributed by atoms with Gasteiger partial charge in [0.05, 0.1) is 31.1 Å². The van der Waals surface area contributed by atoms with Crippen LogP contribution in [0.25, 0.3) is 43.6 Å². The standard InChI is InChI=1S/C21H13BrN4OS/c1-11-24-10-18(28-11)20-14(8-15-17(27)9-19(22)25-21(15)26-20)12-4-5-16-13(7-12)3-2-6-23-16/h2-10H,1H3,(H,25,26,27). The van der Waals surface area contributed by atoms with Gasteiger partial charge in [0.15, 0.2) is 5.43 Å². The number of nitrogens with one attached hydrogen (secondary N) is 1. The average Bonchev–Trinajstić information content (AvgIpc) is 3.13. The van der Waals surface area contributed by atoms with E-state index >= 15 is 0 Å². The highest BCUT2D eigenvalue weighted by Crippen LogP contribution is 2.36. The number of aromatic amines is 1. The Morgan fingerprint density at radius 3 is 2.82 bits per heavy atom. The van der Waals surface area contributed by atoms with Gasteiger partial charge < -0.3 is 4.98 Å². The lowest BCUT2D eigenvalue weighted by atomic mass is 10.00. The summed E-state index contributed by atoms with van der Waals surface area (Å²) < 4.78 is 0.605. The summed E-state index contributed by atoms with van der Waals surface area (Å²) in [5, 5.41) is 2.55. The van der Waals surface area contributed by atoms with Crippen molar-refractivity contribution in [3.63, 3.8) is 0 Å². The van der Waals surface area contributed by atoms with Gasteiger partial charge in [0.2, 0.25) is 0 Å². The number of nitrogens with zero attached hydrogens (tertiary/aromatic N) is 3. The smallest absolute Gasteiger partial charge is 0.192 e. The maximum atomic E-state index is 12.5. The Bertz CT molecular complexity index is 1420. The van der Waals surface area contributed by atoms with Crippen molar-refractivity contribution >= 4 is 49.2 Å². The first kappa shape index (κ1) is 17.2. The zero-order valence-corrected chi connectivity index (χ0v) is 17.1. The van der Waals surface area contributed by atoms with Gasteiger partial charge >= 0.3 is 0 Å². The van der Waals surface area contributed by atoms with Crippen LogP contribution in [0.4, 0.5) is 0 Å². The third-order valence-corrected chi connectivity index (χ3v) is 5.90. The monoisotopic (exact) mass is 448 g/mol. The fourth-order valence-corrected chi connectivity index (χ4v) is 4.44. The minimum atomic E-state index is -0.0798. The molecule has 4 heterocycles. The van der Waals surface area contributed by atoms with Gasteiger partial charge in [-0.1, -0.05) is 12.1 Å². The molecule has 7 heteroatoms. The highest BCUT2D eigenvalue weighted by Gasteiger charge is 2.16. The molecule has 1 aromatic carbocycles. The summed E-state index contributed by atoms with van der Waals surface area (Å²) in [7, 11) is 0. The van der Waals surface area contributed by atoms with Crippen LogP contribution in [0.1, 0.15) is 5.01 Å². The van der Waals surface area contributed by atoms with Gasteiger partial charge in [0.25, 0.3) is 0 Å². The van der Waals surface area contributed by atoms with Crippen LogP contribution in [0.15, 0.2) is 64.3 Å². The van der Waals surface area contributed by atoms with E-state index in [0.29, 0.717) is 15.6 Å². The number of thiazole rings is 1. The summed E-state index contributed by atoms with van der Waals surface area (Å²) in [4.78, 5) is 30.2. The van der Waals surface area contributed by atoms with E-state index in [9.17, 15) is 4.79 Å². The SMILES string of the molecule is Cc1ncc(-c2nc3[nH]c(Br)cc(=O)c3cc2-c2ccc3ncccc3c2)s1. The Morgan fingerprint density at radius 2 is 2.00 bits per heavy atom. The number of fused-ring (bicyclic) bond motifs is 2. The minimum absolute atomic E-state index is 0.0798. The Hall–Kier alpha value is -2.90. The minimum Gasteiger partial charge on any atom is -0.334 e. The molecule has 0 atom stereocenters. The first-order valence-corrected chi connectivity index (χ1v) is 10.2. The summed E-state index contributed by atoms with van der Waals surface area (Å²) in [6, 6.07) is 13.5. The summed E-state index contributed by atoms with van der Waals surface area (Å²) in [6.07, 6.45) is 3.61. The molecular formula is C21H13BrN4OS. The molecular weight excluding hydrogens is 436 g/mol. The van der Waals surface area contributed by atoms with Crippen molar-refractivity contribution in [2.24, 2.45) is 0 Å². The van der Waals surface area contributed by atoms with Crippen LogP contribution in [0.2, 0.25) is 0 Å². The molecule has 28 heavy (non-hydrogen) atoms. The van der Waals surface area contributed by atoms with Crippen LogP contribution >= 0.6 is 27.3 Å². The van der Waals surface area contributed by atoms with Gasteiger partial charge in [-0.3, -0.25) is 9.78 Å². The molecule has 0 aliphatic carbocycles. The number of halogens is 1. The molecule has 4 aromatic heterocycles. The predicted molar refractivity (Wildman–Crippen MR) is 117 cm³/mol. The van der Waals surface area contributed by atoms with Gasteiger partial charge in [-0.2, -0.15) is 0 Å². The molecule has 5 aromatic rings. The lowest BCUT2D eigenvalue weighted by Crippen LogP contribution is -2.04. The van der Waals surface area contributed by atoms with Gasteiger partial charge in [-0.05, 0) is 52.7 Å². The van der Waals surface area contributed by atoms with Crippen molar-refractivity contribution in [1.82, 2.24) is 19.9 Å². The molecule has 0 fully saturated rings. The number of hydrogen-bond acceptors (Lipinski definition) is 5. The summed E-state index contributed by atoms with van der Waals surface area (Å²) >= 11 is 4.93. The Balaban J connectivity index is 1.85. The second kappa shape index (κ2) is 6.61. The van der Waals surface area contributed by atoms with Crippen molar-refractivity contribution in [1.29, 1.82) is 0 Å². The predicted octanol–water partition coefficient (Wildman–Crippen LogP) is 5.33. The first-order valence-electron chi connectivity index (χ1n) is 8.60. The Morgan fingerprint density at radius 1 is 1.11 bits per heavy atom. The number of pyridine rings is 3. The number of rotatable bonds is 2. The Kier molecular flexibility index (Phi) is 4.07. The first-order chi connectivity index (χ1) is 13.6. The number of aryl methyl sites for hydroxylation is 1. The average molecular weight is 449 g/mol. The second-order valence-electron chi connectivity index (χ2n) is 6.42. The lowest BCUT2D eigenvalue weighted by Gasteiger charge is -2.10. The largest absolute Gasteiger partial charge is 0.334 e. The molecule has 0 radical (unpaired) electrons. The number of benzene rings is 1.